The number of aryl methyl sites for hydroxylation is 2. The monoisotopic (exact) mass is 587 g/mol. The van der Waals surface area contributed by atoms with E-state index in [0.29, 0.717) is 18.0 Å². The van der Waals surface area contributed by atoms with E-state index in [9.17, 15) is 4.79 Å². The molecular weight excluding hydrogens is 554 g/mol. The zero-order valence-electron chi connectivity index (χ0n) is 24.5. The van der Waals surface area contributed by atoms with Gasteiger partial charge >= 0.3 is 0 Å². The van der Waals surface area contributed by atoms with Crippen LogP contribution in [0.4, 0.5) is 0 Å². The minimum Gasteiger partial charge on any atom is -0.497 e. The molecule has 0 saturated heterocycles. The molecule has 1 aliphatic rings. The summed E-state index contributed by atoms with van der Waals surface area (Å²) in [4.78, 5) is 13.9. The fourth-order valence-corrected chi connectivity index (χ4v) is 6.22. The van der Waals surface area contributed by atoms with Crippen molar-refractivity contribution in [2.75, 3.05) is 12.9 Å². The van der Waals surface area contributed by atoms with Crippen LogP contribution in [0.5, 0.6) is 5.75 Å². The fourth-order valence-electron chi connectivity index (χ4n) is 5.41. The lowest BCUT2D eigenvalue weighted by Gasteiger charge is -2.22. The number of nitrogens with zero attached hydrogens (tertiary/aromatic N) is 5. The lowest BCUT2D eigenvalue weighted by atomic mass is 9.98. The Hall–Kier alpha value is -4.69. The van der Waals surface area contributed by atoms with Crippen LogP contribution in [0.3, 0.4) is 0 Å². The standard InChI is InChI=1S/C35H33N5O2S/c1-24-14-19-31(25(2)20-24)39-33(21-26-10-6-4-7-11-26)36-37-35(39)43-23-34(41)40-32(28-15-17-29(42-3)18-16-28)22-30(38-40)27-12-8-5-9-13-27/h4-20,32H,21-23H2,1-3H3/t32-/m1/s1. The van der Waals surface area contributed by atoms with Gasteiger partial charge in [0, 0.05) is 12.8 Å². The number of hydrogen-bond donors (Lipinski definition) is 0. The molecule has 7 nitrogen and oxygen atoms in total. The largest absolute Gasteiger partial charge is 0.497 e. The summed E-state index contributed by atoms with van der Waals surface area (Å²) in [6.07, 6.45) is 1.26. The second-order valence-electron chi connectivity index (χ2n) is 10.6. The molecule has 0 bridgehead atoms. The van der Waals surface area contributed by atoms with Crippen LogP contribution in [0.15, 0.2) is 113 Å². The first-order chi connectivity index (χ1) is 21.0. The second kappa shape index (κ2) is 12.7. The molecule has 2 heterocycles. The number of thioether (sulfide) groups is 1. The number of ether oxygens (including phenoxy) is 1. The van der Waals surface area contributed by atoms with Gasteiger partial charge in [0.05, 0.1) is 30.3 Å². The summed E-state index contributed by atoms with van der Waals surface area (Å²) in [5, 5.41) is 16.3. The van der Waals surface area contributed by atoms with Crippen LogP contribution in [-0.4, -0.2) is 44.3 Å². The molecule has 1 aromatic heterocycles. The number of methoxy groups -OCH3 is 1. The highest BCUT2D eigenvalue weighted by molar-refractivity contribution is 7.99. The molecule has 0 saturated carbocycles. The van der Waals surface area contributed by atoms with E-state index < -0.39 is 0 Å². The predicted octanol–water partition coefficient (Wildman–Crippen LogP) is 6.95. The summed E-state index contributed by atoms with van der Waals surface area (Å²) in [7, 11) is 1.65. The Kier molecular flexibility index (Phi) is 8.38. The number of benzene rings is 4. The van der Waals surface area contributed by atoms with Crippen molar-refractivity contribution < 1.29 is 9.53 Å². The first-order valence-electron chi connectivity index (χ1n) is 14.3. The van der Waals surface area contributed by atoms with Crippen molar-refractivity contribution in [3.63, 3.8) is 0 Å². The number of amides is 1. The van der Waals surface area contributed by atoms with Gasteiger partial charge in [-0.25, -0.2) is 5.01 Å². The van der Waals surface area contributed by atoms with Crippen molar-refractivity contribution in [3.05, 3.63) is 137 Å². The van der Waals surface area contributed by atoms with Crippen LogP contribution in [0.25, 0.3) is 5.69 Å². The van der Waals surface area contributed by atoms with Crippen LogP contribution >= 0.6 is 11.8 Å². The molecule has 8 heteroatoms. The van der Waals surface area contributed by atoms with Gasteiger partial charge in [-0.3, -0.25) is 9.36 Å². The molecule has 6 rings (SSSR count). The topological polar surface area (TPSA) is 72.6 Å². The van der Waals surface area contributed by atoms with Crippen molar-refractivity contribution in [1.82, 2.24) is 19.8 Å². The van der Waals surface area contributed by atoms with Crippen LogP contribution in [-0.2, 0) is 11.2 Å². The van der Waals surface area contributed by atoms with E-state index in [4.69, 9.17) is 9.84 Å². The quantitative estimate of drug-likeness (QED) is 0.175. The molecule has 0 unspecified atom stereocenters. The lowest BCUT2D eigenvalue weighted by molar-refractivity contribution is -0.130. The summed E-state index contributed by atoms with van der Waals surface area (Å²) >= 11 is 1.39. The van der Waals surface area contributed by atoms with E-state index in [1.165, 1.54) is 17.3 Å². The Morgan fingerprint density at radius 2 is 1.63 bits per heavy atom. The molecule has 0 N–H and O–H groups in total. The Morgan fingerprint density at radius 1 is 0.907 bits per heavy atom. The third kappa shape index (κ3) is 6.24. The third-order valence-electron chi connectivity index (χ3n) is 7.60. The summed E-state index contributed by atoms with van der Waals surface area (Å²) in [5.74, 6) is 1.69. The Balaban J connectivity index is 1.29. The molecule has 1 aliphatic heterocycles. The van der Waals surface area contributed by atoms with Crippen molar-refractivity contribution in [2.45, 2.75) is 37.9 Å². The smallest absolute Gasteiger partial charge is 0.253 e. The minimum atomic E-state index is -0.208. The van der Waals surface area contributed by atoms with Gasteiger partial charge in [0.15, 0.2) is 5.16 Å². The van der Waals surface area contributed by atoms with Gasteiger partial charge < -0.3 is 4.74 Å². The van der Waals surface area contributed by atoms with Crippen LogP contribution in [0, 0.1) is 13.8 Å². The van der Waals surface area contributed by atoms with E-state index in [2.05, 4.69) is 58.9 Å². The second-order valence-corrected chi connectivity index (χ2v) is 11.6. The maximum Gasteiger partial charge on any atom is 0.253 e. The molecule has 1 atom stereocenters. The van der Waals surface area contributed by atoms with Crippen molar-refractivity contribution in [1.29, 1.82) is 0 Å². The first-order valence-corrected chi connectivity index (χ1v) is 15.3. The summed E-state index contributed by atoms with van der Waals surface area (Å²) in [6, 6.07) is 34.3. The average Bonchev–Trinajstić information content (AvgIpc) is 3.66. The van der Waals surface area contributed by atoms with Crippen LogP contribution < -0.4 is 4.74 Å². The SMILES string of the molecule is COc1ccc([C@H]2CC(c3ccccc3)=NN2C(=O)CSc2nnc(Cc3ccccc3)n2-c2ccc(C)cc2C)cc1. The van der Waals surface area contributed by atoms with E-state index in [1.54, 1.807) is 12.1 Å². The summed E-state index contributed by atoms with van der Waals surface area (Å²) in [6.45, 7) is 4.18. The first kappa shape index (κ1) is 28.4. The zero-order chi connectivity index (χ0) is 29.8. The lowest BCUT2D eigenvalue weighted by Crippen LogP contribution is -2.28. The molecular formula is C35H33N5O2S. The number of carbonyl (C=O) groups is 1. The number of rotatable bonds is 9. The Labute approximate surface area is 256 Å². The van der Waals surface area contributed by atoms with Gasteiger partial charge in [0.1, 0.15) is 11.6 Å². The Bertz CT molecular complexity index is 1750. The predicted molar refractivity (Wildman–Crippen MR) is 171 cm³/mol. The van der Waals surface area contributed by atoms with E-state index in [1.807, 2.05) is 72.8 Å². The molecule has 4 aromatic carbocycles. The average molecular weight is 588 g/mol. The zero-order valence-corrected chi connectivity index (χ0v) is 25.3. The Morgan fingerprint density at radius 3 is 2.33 bits per heavy atom. The maximum absolute atomic E-state index is 13.9. The van der Waals surface area contributed by atoms with E-state index in [-0.39, 0.29) is 17.7 Å². The van der Waals surface area contributed by atoms with Gasteiger partial charge in [-0.15, -0.1) is 10.2 Å². The van der Waals surface area contributed by atoms with Gasteiger partial charge in [-0.2, -0.15) is 5.10 Å². The highest BCUT2D eigenvalue weighted by Gasteiger charge is 2.33. The molecule has 0 radical (unpaired) electrons. The van der Waals surface area contributed by atoms with Crippen LogP contribution in [0.1, 0.15) is 46.1 Å². The third-order valence-corrected chi connectivity index (χ3v) is 8.51. The molecule has 5 aromatic rings. The van der Waals surface area contributed by atoms with Gasteiger partial charge in [-0.05, 0) is 54.3 Å². The van der Waals surface area contributed by atoms with Crippen LogP contribution in [0.2, 0.25) is 0 Å². The fraction of sp³-hybridized carbons (Fsp3) is 0.200. The van der Waals surface area contributed by atoms with Crippen molar-refractivity contribution in [3.8, 4) is 11.4 Å². The minimum absolute atomic E-state index is 0.0865. The number of aromatic nitrogens is 3. The molecule has 0 spiro atoms. The summed E-state index contributed by atoms with van der Waals surface area (Å²) < 4.78 is 7.44. The van der Waals surface area contributed by atoms with E-state index in [0.717, 1.165) is 45.2 Å². The molecule has 0 aliphatic carbocycles. The highest BCUT2D eigenvalue weighted by Crippen LogP contribution is 2.35. The molecule has 0 fully saturated rings. The van der Waals surface area contributed by atoms with Gasteiger partial charge in [-0.1, -0.05) is 102 Å². The highest BCUT2D eigenvalue weighted by atomic mass is 32.2. The van der Waals surface area contributed by atoms with Gasteiger partial charge in [0.2, 0.25) is 0 Å². The maximum atomic E-state index is 13.9. The molecule has 43 heavy (non-hydrogen) atoms. The number of hydrazone groups is 1. The number of carbonyl (C=O) groups excluding carboxylic acids is 1. The summed E-state index contributed by atoms with van der Waals surface area (Å²) in [5.41, 5.74) is 7.39. The molecule has 216 valence electrons. The molecule has 1 amide bonds. The van der Waals surface area contributed by atoms with Gasteiger partial charge in [0.25, 0.3) is 5.91 Å². The normalized spacial score (nSPS) is 14.5. The van der Waals surface area contributed by atoms with Crippen molar-refractivity contribution >= 4 is 23.4 Å². The number of hydrogen-bond acceptors (Lipinski definition) is 6. The van der Waals surface area contributed by atoms with Crippen molar-refractivity contribution in [2.24, 2.45) is 5.10 Å². The van der Waals surface area contributed by atoms with E-state index >= 15 is 0 Å².